The van der Waals surface area contributed by atoms with Crippen LogP contribution in [0.2, 0.25) is 0 Å². The van der Waals surface area contributed by atoms with E-state index in [1.807, 2.05) is 6.07 Å². The normalized spacial score (nSPS) is 18.3. The zero-order valence-electron chi connectivity index (χ0n) is 16.3. The number of anilines is 1. The van der Waals surface area contributed by atoms with E-state index in [0.29, 0.717) is 5.92 Å². The van der Waals surface area contributed by atoms with E-state index in [2.05, 4.69) is 62.5 Å². The van der Waals surface area contributed by atoms with Crippen LogP contribution >= 0.6 is 0 Å². The second kappa shape index (κ2) is 8.98. The summed E-state index contributed by atoms with van der Waals surface area (Å²) in [5.74, 6) is 2.33. The third-order valence-electron chi connectivity index (χ3n) is 5.08. The Morgan fingerprint density at radius 1 is 0.885 bits per heavy atom. The zero-order valence-corrected chi connectivity index (χ0v) is 16.3. The Morgan fingerprint density at radius 2 is 1.58 bits per heavy atom. The van der Waals surface area contributed by atoms with Crippen molar-refractivity contribution in [2.24, 2.45) is 0 Å². The SMILES string of the molecule is CCCCOc1cccc(C2Nc3ccc(OCCCC)cc3C2C)c1. The topological polar surface area (TPSA) is 30.5 Å². The van der Waals surface area contributed by atoms with Gasteiger partial charge in [0.25, 0.3) is 0 Å². The number of fused-ring (bicyclic) bond motifs is 1. The maximum absolute atomic E-state index is 5.89. The lowest BCUT2D eigenvalue weighted by atomic mass is 9.92. The molecule has 1 aliphatic rings. The highest BCUT2D eigenvalue weighted by atomic mass is 16.5. The van der Waals surface area contributed by atoms with Crippen LogP contribution in [0, 0.1) is 0 Å². The molecule has 3 rings (SSSR count). The molecule has 2 atom stereocenters. The molecule has 3 heteroatoms. The standard InChI is InChI=1S/C23H31NO2/c1-4-6-13-25-19-10-8-9-18(15-19)23-17(3)21-16-20(26-14-7-5-2)11-12-22(21)24-23/h8-12,15-17,23-24H,4-7,13-14H2,1-3H3. The molecule has 2 aromatic carbocycles. The Hall–Kier alpha value is -2.16. The quantitative estimate of drug-likeness (QED) is 0.535. The minimum Gasteiger partial charge on any atom is -0.494 e. The highest BCUT2D eigenvalue weighted by Crippen LogP contribution is 2.45. The first-order valence-electron chi connectivity index (χ1n) is 9.99. The molecule has 3 nitrogen and oxygen atoms in total. The van der Waals surface area contributed by atoms with Crippen LogP contribution in [0.3, 0.4) is 0 Å². The van der Waals surface area contributed by atoms with Crippen molar-refractivity contribution in [1.82, 2.24) is 0 Å². The van der Waals surface area contributed by atoms with E-state index in [4.69, 9.17) is 9.47 Å². The van der Waals surface area contributed by atoms with Gasteiger partial charge >= 0.3 is 0 Å². The van der Waals surface area contributed by atoms with E-state index in [0.717, 1.165) is 50.4 Å². The van der Waals surface area contributed by atoms with Gasteiger partial charge in [0.2, 0.25) is 0 Å². The lowest BCUT2D eigenvalue weighted by Gasteiger charge is -2.18. The molecule has 2 unspecified atom stereocenters. The molecular formula is C23H31NO2. The highest BCUT2D eigenvalue weighted by molar-refractivity contribution is 5.62. The van der Waals surface area contributed by atoms with Crippen LogP contribution in [-0.4, -0.2) is 13.2 Å². The number of nitrogens with one attached hydrogen (secondary N) is 1. The van der Waals surface area contributed by atoms with E-state index in [9.17, 15) is 0 Å². The van der Waals surface area contributed by atoms with Crippen LogP contribution < -0.4 is 14.8 Å². The van der Waals surface area contributed by atoms with Gasteiger partial charge in [-0.2, -0.15) is 0 Å². The number of ether oxygens (including phenoxy) is 2. The number of unbranched alkanes of at least 4 members (excludes halogenated alkanes) is 2. The van der Waals surface area contributed by atoms with Crippen molar-refractivity contribution in [1.29, 1.82) is 0 Å². The Bertz CT molecular complexity index is 713. The lowest BCUT2D eigenvalue weighted by molar-refractivity contribution is 0.308. The van der Waals surface area contributed by atoms with Gasteiger partial charge in [0.05, 0.1) is 19.3 Å². The van der Waals surface area contributed by atoms with E-state index in [1.165, 1.54) is 16.8 Å². The molecule has 0 bridgehead atoms. The largest absolute Gasteiger partial charge is 0.494 e. The Labute approximate surface area is 157 Å². The maximum atomic E-state index is 5.89. The van der Waals surface area contributed by atoms with Gasteiger partial charge in [0.1, 0.15) is 11.5 Å². The molecule has 0 saturated carbocycles. The number of benzene rings is 2. The first-order valence-corrected chi connectivity index (χ1v) is 9.99. The fraction of sp³-hybridized carbons (Fsp3) is 0.478. The van der Waals surface area contributed by atoms with Gasteiger partial charge in [-0.25, -0.2) is 0 Å². The van der Waals surface area contributed by atoms with E-state index >= 15 is 0 Å². The third-order valence-corrected chi connectivity index (χ3v) is 5.08. The van der Waals surface area contributed by atoms with Crippen LogP contribution in [0.5, 0.6) is 11.5 Å². The summed E-state index contributed by atoms with van der Waals surface area (Å²) in [6.07, 6.45) is 4.49. The van der Waals surface area contributed by atoms with Gasteiger partial charge in [-0.15, -0.1) is 0 Å². The van der Waals surface area contributed by atoms with Gasteiger partial charge in [0.15, 0.2) is 0 Å². The second-order valence-corrected chi connectivity index (χ2v) is 7.14. The molecule has 26 heavy (non-hydrogen) atoms. The minimum absolute atomic E-state index is 0.269. The van der Waals surface area contributed by atoms with E-state index in [-0.39, 0.29) is 6.04 Å². The molecule has 1 aliphatic heterocycles. The number of hydrogen-bond acceptors (Lipinski definition) is 3. The van der Waals surface area contributed by atoms with E-state index < -0.39 is 0 Å². The van der Waals surface area contributed by atoms with Crippen molar-refractivity contribution >= 4 is 5.69 Å². The molecule has 0 amide bonds. The third kappa shape index (κ3) is 4.32. The Balaban J connectivity index is 1.71. The molecule has 0 radical (unpaired) electrons. The summed E-state index contributed by atoms with van der Waals surface area (Å²) in [7, 11) is 0. The highest BCUT2D eigenvalue weighted by Gasteiger charge is 2.30. The number of rotatable bonds is 9. The fourth-order valence-electron chi connectivity index (χ4n) is 3.45. The maximum Gasteiger partial charge on any atom is 0.119 e. The van der Waals surface area contributed by atoms with Gasteiger partial charge < -0.3 is 14.8 Å². The second-order valence-electron chi connectivity index (χ2n) is 7.14. The first-order chi connectivity index (χ1) is 12.7. The fourth-order valence-corrected chi connectivity index (χ4v) is 3.45. The number of hydrogen-bond donors (Lipinski definition) is 1. The summed E-state index contributed by atoms with van der Waals surface area (Å²) >= 11 is 0. The smallest absolute Gasteiger partial charge is 0.119 e. The molecule has 140 valence electrons. The van der Waals surface area contributed by atoms with Crippen molar-refractivity contribution in [2.75, 3.05) is 18.5 Å². The summed E-state index contributed by atoms with van der Waals surface area (Å²) in [5, 5.41) is 3.68. The molecular weight excluding hydrogens is 322 g/mol. The van der Waals surface area contributed by atoms with Crippen LogP contribution in [0.15, 0.2) is 42.5 Å². The van der Waals surface area contributed by atoms with Crippen molar-refractivity contribution in [3.63, 3.8) is 0 Å². The summed E-state index contributed by atoms with van der Waals surface area (Å²) in [5.41, 5.74) is 3.82. The molecule has 0 aliphatic carbocycles. The molecule has 0 saturated heterocycles. The molecule has 1 N–H and O–H groups in total. The van der Waals surface area contributed by atoms with Crippen molar-refractivity contribution in [3.05, 3.63) is 53.6 Å². The van der Waals surface area contributed by atoms with Crippen molar-refractivity contribution in [2.45, 2.75) is 58.4 Å². The van der Waals surface area contributed by atoms with Crippen LogP contribution in [0.4, 0.5) is 5.69 Å². The molecule has 0 aromatic heterocycles. The first kappa shape index (κ1) is 18.6. The predicted molar refractivity (Wildman–Crippen MR) is 108 cm³/mol. The monoisotopic (exact) mass is 353 g/mol. The summed E-state index contributed by atoms with van der Waals surface area (Å²) in [6.45, 7) is 8.22. The lowest BCUT2D eigenvalue weighted by Crippen LogP contribution is -2.09. The average Bonchev–Trinajstić information content (AvgIpc) is 2.99. The van der Waals surface area contributed by atoms with Gasteiger partial charge in [0, 0.05) is 11.6 Å². The molecule has 0 spiro atoms. The van der Waals surface area contributed by atoms with Crippen molar-refractivity contribution < 1.29 is 9.47 Å². The zero-order chi connectivity index (χ0) is 18.4. The summed E-state index contributed by atoms with van der Waals surface area (Å²) < 4.78 is 11.8. The molecule has 2 aromatic rings. The van der Waals surface area contributed by atoms with Gasteiger partial charge in [-0.1, -0.05) is 45.7 Å². The minimum atomic E-state index is 0.269. The molecule has 1 heterocycles. The predicted octanol–water partition coefficient (Wildman–Crippen LogP) is 6.31. The Morgan fingerprint density at radius 3 is 2.27 bits per heavy atom. The molecule has 0 fully saturated rings. The van der Waals surface area contributed by atoms with Gasteiger partial charge in [-0.05, 0) is 54.3 Å². The summed E-state index contributed by atoms with van der Waals surface area (Å²) in [6, 6.07) is 15.2. The van der Waals surface area contributed by atoms with Crippen LogP contribution in [0.1, 0.15) is 69.5 Å². The summed E-state index contributed by atoms with van der Waals surface area (Å²) in [4.78, 5) is 0. The van der Waals surface area contributed by atoms with E-state index in [1.54, 1.807) is 0 Å². The Kier molecular flexibility index (Phi) is 6.43. The van der Waals surface area contributed by atoms with Crippen LogP contribution in [-0.2, 0) is 0 Å². The van der Waals surface area contributed by atoms with Crippen LogP contribution in [0.25, 0.3) is 0 Å². The van der Waals surface area contributed by atoms with Gasteiger partial charge in [-0.3, -0.25) is 0 Å². The van der Waals surface area contributed by atoms with Crippen molar-refractivity contribution in [3.8, 4) is 11.5 Å². The average molecular weight is 354 g/mol.